The van der Waals surface area contributed by atoms with Gasteiger partial charge in [0.1, 0.15) is 5.82 Å². The van der Waals surface area contributed by atoms with Crippen LogP contribution in [-0.4, -0.2) is 28.4 Å². The summed E-state index contributed by atoms with van der Waals surface area (Å²) in [7, 11) is 0. The van der Waals surface area contributed by atoms with Crippen LogP contribution in [0.25, 0.3) is 0 Å². The topological polar surface area (TPSA) is 40.5 Å². The lowest BCUT2D eigenvalue weighted by molar-refractivity contribution is 0.0853. The van der Waals surface area contributed by atoms with Crippen LogP contribution in [0.3, 0.4) is 0 Å². The van der Waals surface area contributed by atoms with Crippen molar-refractivity contribution in [3.63, 3.8) is 0 Å². The fourth-order valence-electron chi connectivity index (χ4n) is 4.39. The fourth-order valence-corrected chi connectivity index (χ4v) is 4.39. The number of carbonyl (C=O) groups is 1. The van der Waals surface area contributed by atoms with Gasteiger partial charge in [-0.3, -0.25) is 9.69 Å². The highest BCUT2D eigenvalue weighted by molar-refractivity contribution is 5.98. The number of aliphatic hydroxyl groups excluding tert-OH is 1. The summed E-state index contributed by atoms with van der Waals surface area (Å²) < 4.78 is 14.8. The van der Waals surface area contributed by atoms with Crippen LogP contribution in [0.2, 0.25) is 0 Å². The third kappa shape index (κ3) is 4.00. The second-order valence-electron chi connectivity index (χ2n) is 7.53. The molecule has 0 amide bonds. The Hall–Kier alpha value is -2.82. The van der Waals surface area contributed by atoms with Gasteiger partial charge < -0.3 is 5.11 Å². The molecule has 0 radical (unpaired) electrons. The smallest absolute Gasteiger partial charge is 0.167 e. The molecule has 1 heterocycles. The van der Waals surface area contributed by atoms with Crippen LogP contribution in [0, 0.1) is 11.7 Å². The number of Topliss-reactive ketones (excluding diaryl/α,β-unsaturated/α-hetero) is 1. The maximum atomic E-state index is 14.8. The molecule has 4 heteroatoms. The van der Waals surface area contributed by atoms with Gasteiger partial charge in [0.15, 0.2) is 5.78 Å². The van der Waals surface area contributed by atoms with Crippen LogP contribution in [0.15, 0.2) is 84.9 Å². The van der Waals surface area contributed by atoms with E-state index in [9.17, 15) is 14.3 Å². The number of carbonyl (C=O) groups excluding carboxylic acids is 1. The Balaban J connectivity index is 1.76. The van der Waals surface area contributed by atoms with Crippen LogP contribution in [0.4, 0.5) is 4.39 Å². The Morgan fingerprint density at radius 1 is 0.931 bits per heavy atom. The first-order valence-corrected chi connectivity index (χ1v) is 9.93. The molecule has 4 rings (SSSR count). The molecule has 148 valence electrons. The van der Waals surface area contributed by atoms with Crippen LogP contribution < -0.4 is 0 Å². The molecule has 1 aliphatic rings. The summed E-state index contributed by atoms with van der Waals surface area (Å²) in [5.41, 5.74) is 2.20. The standard InChI is InChI=1S/C25H24FNO2/c26-23-14-8-7-13-21(23)24-22(25(29)19-11-5-2-6-12-19)15-20(17-28)27(24)16-18-9-3-1-4-10-18/h1-14,20,22,24,28H,15-17H2/t20-,22+,24+/m1/s1. The first-order chi connectivity index (χ1) is 14.2. The zero-order chi connectivity index (χ0) is 20.2. The molecule has 29 heavy (non-hydrogen) atoms. The van der Waals surface area contributed by atoms with E-state index in [1.54, 1.807) is 30.3 Å². The van der Waals surface area contributed by atoms with Gasteiger partial charge >= 0.3 is 0 Å². The molecule has 1 N–H and O–H groups in total. The van der Waals surface area contributed by atoms with E-state index < -0.39 is 12.0 Å². The molecule has 3 atom stereocenters. The number of benzene rings is 3. The van der Waals surface area contributed by atoms with Gasteiger partial charge in [0.05, 0.1) is 6.61 Å². The highest BCUT2D eigenvalue weighted by Gasteiger charge is 2.45. The summed E-state index contributed by atoms with van der Waals surface area (Å²) in [6, 6.07) is 25.1. The van der Waals surface area contributed by atoms with E-state index in [4.69, 9.17) is 0 Å². The van der Waals surface area contributed by atoms with Crippen molar-refractivity contribution in [1.82, 2.24) is 4.90 Å². The van der Waals surface area contributed by atoms with Crippen molar-refractivity contribution >= 4 is 5.78 Å². The molecule has 0 saturated carbocycles. The van der Waals surface area contributed by atoms with E-state index in [2.05, 4.69) is 4.90 Å². The minimum atomic E-state index is -0.429. The number of likely N-dealkylation sites (tertiary alicyclic amines) is 1. The highest BCUT2D eigenvalue weighted by Crippen LogP contribution is 2.44. The van der Waals surface area contributed by atoms with E-state index in [1.807, 2.05) is 48.5 Å². The van der Waals surface area contributed by atoms with Crippen molar-refractivity contribution in [3.8, 4) is 0 Å². The van der Waals surface area contributed by atoms with E-state index in [-0.39, 0.29) is 24.2 Å². The molecule has 0 bridgehead atoms. The summed E-state index contributed by atoms with van der Waals surface area (Å²) in [5, 5.41) is 10.1. The Morgan fingerprint density at radius 3 is 2.21 bits per heavy atom. The lowest BCUT2D eigenvalue weighted by atomic mass is 9.86. The van der Waals surface area contributed by atoms with Crippen LogP contribution in [0.1, 0.15) is 33.9 Å². The van der Waals surface area contributed by atoms with Crippen molar-refractivity contribution < 1.29 is 14.3 Å². The normalized spacial score (nSPS) is 21.9. The minimum Gasteiger partial charge on any atom is -0.395 e. The monoisotopic (exact) mass is 389 g/mol. The maximum absolute atomic E-state index is 14.8. The predicted octanol–water partition coefficient (Wildman–Crippen LogP) is 4.63. The summed E-state index contributed by atoms with van der Waals surface area (Å²) in [6.45, 7) is 0.472. The van der Waals surface area contributed by atoms with E-state index >= 15 is 0 Å². The van der Waals surface area contributed by atoms with Gasteiger partial charge in [-0.15, -0.1) is 0 Å². The third-order valence-corrected chi connectivity index (χ3v) is 5.77. The second kappa shape index (κ2) is 8.68. The van der Waals surface area contributed by atoms with Crippen molar-refractivity contribution in [2.24, 2.45) is 5.92 Å². The highest BCUT2D eigenvalue weighted by atomic mass is 19.1. The molecule has 1 aliphatic heterocycles. The van der Waals surface area contributed by atoms with Gasteiger partial charge in [0, 0.05) is 35.7 Å². The predicted molar refractivity (Wildman–Crippen MR) is 111 cm³/mol. The van der Waals surface area contributed by atoms with E-state index in [1.165, 1.54) is 6.07 Å². The molecule has 0 aliphatic carbocycles. The molecule has 3 aromatic carbocycles. The molecule has 0 unspecified atom stereocenters. The molecule has 3 nitrogen and oxygen atoms in total. The Bertz CT molecular complexity index is 961. The quantitative estimate of drug-likeness (QED) is 0.625. The van der Waals surface area contributed by atoms with Crippen molar-refractivity contribution in [2.45, 2.75) is 25.0 Å². The van der Waals surface area contributed by atoms with Crippen LogP contribution in [0.5, 0.6) is 0 Å². The van der Waals surface area contributed by atoms with Gasteiger partial charge in [-0.2, -0.15) is 0 Å². The van der Waals surface area contributed by atoms with Gasteiger partial charge in [-0.1, -0.05) is 78.9 Å². The van der Waals surface area contributed by atoms with Crippen molar-refractivity contribution in [3.05, 3.63) is 107 Å². The van der Waals surface area contributed by atoms with Crippen LogP contribution in [-0.2, 0) is 6.54 Å². The van der Waals surface area contributed by atoms with Gasteiger partial charge in [-0.25, -0.2) is 4.39 Å². The summed E-state index contributed by atoms with van der Waals surface area (Å²) >= 11 is 0. The number of hydrogen-bond acceptors (Lipinski definition) is 3. The Labute approximate surface area is 170 Å². The Kier molecular flexibility index (Phi) is 5.84. The average molecular weight is 389 g/mol. The number of nitrogens with zero attached hydrogens (tertiary/aromatic N) is 1. The van der Waals surface area contributed by atoms with Gasteiger partial charge in [-0.05, 0) is 18.1 Å². The SMILES string of the molecule is O=C(c1ccccc1)[C@H]1C[C@H](CO)N(Cc2ccccc2)[C@H]1c1ccccc1F. The molecule has 1 fully saturated rings. The number of aliphatic hydroxyl groups is 1. The molecule has 0 aromatic heterocycles. The third-order valence-electron chi connectivity index (χ3n) is 5.77. The first-order valence-electron chi connectivity index (χ1n) is 9.93. The lowest BCUT2D eigenvalue weighted by Gasteiger charge is -2.31. The van der Waals surface area contributed by atoms with Crippen LogP contribution >= 0.6 is 0 Å². The first kappa shape index (κ1) is 19.5. The van der Waals surface area contributed by atoms with Gasteiger partial charge in [0.2, 0.25) is 0 Å². The van der Waals surface area contributed by atoms with Gasteiger partial charge in [0.25, 0.3) is 0 Å². The van der Waals surface area contributed by atoms with E-state index in [0.29, 0.717) is 24.1 Å². The minimum absolute atomic E-state index is 0.00661. The second-order valence-corrected chi connectivity index (χ2v) is 7.53. The molecule has 0 spiro atoms. The number of hydrogen-bond donors (Lipinski definition) is 1. The molecule has 1 saturated heterocycles. The number of rotatable bonds is 6. The number of ketones is 1. The summed E-state index contributed by atoms with van der Waals surface area (Å²) in [6.07, 6.45) is 0.496. The number of halogens is 1. The average Bonchev–Trinajstić information content (AvgIpc) is 3.13. The molecule has 3 aromatic rings. The summed E-state index contributed by atoms with van der Waals surface area (Å²) in [4.78, 5) is 15.5. The lowest BCUT2D eigenvalue weighted by Crippen LogP contribution is -2.35. The molecular weight excluding hydrogens is 365 g/mol. The van der Waals surface area contributed by atoms with Crippen molar-refractivity contribution in [2.75, 3.05) is 6.61 Å². The largest absolute Gasteiger partial charge is 0.395 e. The Morgan fingerprint density at radius 2 is 1.55 bits per heavy atom. The maximum Gasteiger partial charge on any atom is 0.167 e. The van der Waals surface area contributed by atoms with E-state index in [0.717, 1.165) is 5.56 Å². The molecular formula is C25H24FNO2. The zero-order valence-electron chi connectivity index (χ0n) is 16.1. The van der Waals surface area contributed by atoms with Crippen molar-refractivity contribution in [1.29, 1.82) is 0 Å². The fraction of sp³-hybridized carbons (Fsp3) is 0.240. The summed E-state index contributed by atoms with van der Waals surface area (Å²) in [5.74, 6) is -0.747. The zero-order valence-corrected chi connectivity index (χ0v) is 16.1.